The Morgan fingerprint density at radius 3 is 0.938 bits per heavy atom. The summed E-state index contributed by atoms with van der Waals surface area (Å²) in [6, 6.07) is 9.31. The molecule has 0 bridgehead atoms. The minimum atomic E-state index is 1.02. The van der Waals surface area contributed by atoms with E-state index in [9.17, 15) is 0 Å². The van der Waals surface area contributed by atoms with E-state index in [2.05, 4.69) is 66.0 Å². The molecule has 0 radical (unpaired) electrons. The van der Waals surface area contributed by atoms with E-state index in [-0.39, 0.29) is 0 Å². The number of hydrogen-bond donors (Lipinski definition) is 6. The maximum atomic E-state index is 3.56. The predicted molar refractivity (Wildman–Crippen MR) is 134 cm³/mol. The highest BCUT2D eigenvalue weighted by Gasteiger charge is 2.09. The maximum absolute atomic E-state index is 3.56. The van der Waals surface area contributed by atoms with E-state index < -0.39 is 0 Å². The highest BCUT2D eigenvalue weighted by molar-refractivity contribution is 5.22. The summed E-state index contributed by atoms with van der Waals surface area (Å²) in [5, 5.41) is 21.1. The lowest BCUT2D eigenvalue weighted by Gasteiger charge is -2.25. The third-order valence-corrected chi connectivity index (χ3v) is 6.17. The van der Waals surface area contributed by atoms with Gasteiger partial charge in [0.2, 0.25) is 0 Å². The zero-order valence-electron chi connectivity index (χ0n) is 19.9. The second-order valence-electron chi connectivity index (χ2n) is 8.87. The summed E-state index contributed by atoms with van der Waals surface area (Å²) in [5.41, 5.74) is 2.82. The summed E-state index contributed by atoms with van der Waals surface area (Å²) in [4.78, 5) is 5.12. The van der Waals surface area contributed by atoms with Gasteiger partial charge >= 0.3 is 0 Å². The fraction of sp³-hybridized carbons (Fsp3) is 0.750. The topological polar surface area (TPSA) is 78.7 Å². The molecule has 0 aromatic heterocycles. The Morgan fingerprint density at radius 2 is 0.656 bits per heavy atom. The highest BCUT2D eigenvalue weighted by atomic mass is 15.2. The van der Waals surface area contributed by atoms with Gasteiger partial charge in [-0.3, -0.25) is 9.80 Å². The maximum Gasteiger partial charge on any atom is 0.0234 e. The SMILES string of the molecule is c1cc(CN2CCNCCNCCNCC2)ccc1CN1CCNCCNCCNCC1. The van der Waals surface area contributed by atoms with Gasteiger partial charge in [0.05, 0.1) is 0 Å². The van der Waals surface area contributed by atoms with Crippen LogP contribution in [-0.4, -0.2) is 115 Å². The van der Waals surface area contributed by atoms with E-state index in [1.165, 1.54) is 11.1 Å². The third kappa shape index (κ3) is 11.2. The smallest absolute Gasteiger partial charge is 0.0234 e. The lowest BCUT2D eigenvalue weighted by molar-refractivity contribution is 0.261. The highest BCUT2D eigenvalue weighted by Crippen LogP contribution is 2.10. The molecular formula is C24H46N8. The fourth-order valence-electron chi connectivity index (χ4n) is 4.21. The zero-order chi connectivity index (χ0) is 22.1. The van der Waals surface area contributed by atoms with Gasteiger partial charge in [0, 0.05) is 118 Å². The van der Waals surface area contributed by atoms with Crippen molar-refractivity contribution in [2.75, 3.05) is 105 Å². The monoisotopic (exact) mass is 446 g/mol. The number of rotatable bonds is 4. The molecule has 2 aliphatic rings. The van der Waals surface area contributed by atoms with Crippen LogP contribution >= 0.6 is 0 Å². The first-order valence-corrected chi connectivity index (χ1v) is 12.7. The molecule has 32 heavy (non-hydrogen) atoms. The second-order valence-corrected chi connectivity index (χ2v) is 8.87. The number of nitrogens with one attached hydrogen (secondary N) is 6. The van der Waals surface area contributed by atoms with Crippen LogP contribution in [0.3, 0.4) is 0 Å². The lowest BCUT2D eigenvalue weighted by Crippen LogP contribution is -2.41. The standard InChI is InChI=1S/C24H46N8/c1-2-24(22-32-19-15-29-11-7-26-8-12-30-16-20-32)4-3-23(1)21-31-17-13-27-9-5-25-6-10-28-14-18-31/h1-4,25-30H,5-22H2. The van der Waals surface area contributed by atoms with Gasteiger partial charge in [0.25, 0.3) is 0 Å². The van der Waals surface area contributed by atoms with E-state index in [0.29, 0.717) is 0 Å². The van der Waals surface area contributed by atoms with E-state index in [1.807, 2.05) is 0 Å². The van der Waals surface area contributed by atoms with Crippen molar-refractivity contribution in [2.24, 2.45) is 0 Å². The molecule has 8 nitrogen and oxygen atoms in total. The Balaban J connectivity index is 1.46. The molecule has 2 fully saturated rings. The Morgan fingerprint density at radius 1 is 0.406 bits per heavy atom. The lowest BCUT2D eigenvalue weighted by atomic mass is 10.1. The van der Waals surface area contributed by atoms with E-state index in [1.54, 1.807) is 0 Å². The Hall–Kier alpha value is -1.10. The van der Waals surface area contributed by atoms with Crippen molar-refractivity contribution in [1.29, 1.82) is 0 Å². The normalized spacial score (nSPS) is 22.8. The van der Waals surface area contributed by atoms with Gasteiger partial charge in [-0.25, -0.2) is 0 Å². The molecule has 6 N–H and O–H groups in total. The van der Waals surface area contributed by atoms with E-state index in [4.69, 9.17) is 0 Å². The summed E-state index contributed by atoms with van der Waals surface area (Å²) < 4.78 is 0. The summed E-state index contributed by atoms with van der Waals surface area (Å²) in [6.45, 7) is 18.9. The molecule has 0 aliphatic carbocycles. The Kier molecular flexibility index (Phi) is 13.2. The minimum Gasteiger partial charge on any atom is -0.314 e. The first kappa shape index (κ1) is 25.5. The van der Waals surface area contributed by atoms with Crippen molar-refractivity contribution in [3.8, 4) is 0 Å². The molecule has 2 aliphatic heterocycles. The molecular weight excluding hydrogens is 400 g/mol. The summed E-state index contributed by atoms with van der Waals surface area (Å²) in [5.74, 6) is 0. The van der Waals surface area contributed by atoms with Crippen molar-refractivity contribution in [3.63, 3.8) is 0 Å². The molecule has 0 atom stereocenters. The van der Waals surface area contributed by atoms with Crippen LogP contribution in [0, 0.1) is 0 Å². The van der Waals surface area contributed by atoms with Gasteiger partial charge < -0.3 is 31.9 Å². The summed E-state index contributed by atoms with van der Waals surface area (Å²) in [6.07, 6.45) is 0. The molecule has 1 aromatic rings. The number of nitrogens with zero attached hydrogens (tertiary/aromatic N) is 2. The van der Waals surface area contributed by atoms with Gasteiger partial charge in [-0.1, -0.05) is 24.3 Å². The van der Waals surface area contributed by atoms with Crippen LogP contribution in [0.2, 0.25) is 0 Å². The Labute approximate surface area is 195 Å². The van der Waals surface area contributed by atoms with Gasteiger partial charge in [0.1, 0.15) is 0 Å². The minimum absolute atomic E-state index is 1.02. The summed E-state index contributed by atoms with van der Waals surface area (Å²) in [7, 11) is 0. The molecule has 0 spiro atoms. The van der Waals surface area contributed by atoms with Crippen molar-refractivity contribution >= 4 is 0 Å². The van der Waals surface area contributed by atoms with Crippen LogP contribution in [-0.2, 0) is 13.1 Å². The number of hydrogen-bond acceptors (Lipinski definition) is 8. The van der Waals surface area contributed by atoms with Crippen molar-refractivity contribution in [3.05, 3.63) is 35.4 Å². The van der Waals surface area contributed by atoms with Crippen molar-refractivity contribution < 1.29 is 0 Å². The molecule has 182 valence electrons. The van der Waals surface area contributed by atoms with E-state index in [0.717, 1.165) is 118 Å². The molecule has 3 rings (SSSR count). The van der Waals surface area contributed by atoms with Crippen LogP contribution in [0.4, 0.5) is 0 Å². The average Bonchev–Trinajstić information content (AvgIpc) is 2.79. The van der Waals surface area contributed by atoms with Crippen molar-refractivity contribution in [1.82, 2.24) is 41.7 Å². The molecule has 0 amide bonds. The van der Waals surface area contributed by atoms with Crippen LogP contribution in [0.5, 0.6) is 0 Å². The van der Waals surface area contributed by atoms with Crippen LogP contribution < -0.4 is 31.9 Å². The first-order chi connectivity index (χ1) is 15.9. The molecule has 8 heteroatoms. The molecule has 1 aromatic carbocycles. The van der Waals surface area contributed by atoms with Crippen LogP contribution in [0.15, 0.2) is 24.3 Å². The Bertz CT molecular complexity index is 507. The zero-order valence-corrected chi connectivity index (χ0v) is 19.9. The molecule has 2 heterocycles. The third-order valence-electron chi connectivity index (χ3n) is 6.17. The fourth-order valence-corrected chi connectivity index (χ4v) is 4.21. The van der Waals surface area contributed by atoms with Gasteiger partial charge in [-0.15, -0.1) is 0 Å². The molecule has 0 unspecified atom stereocenters. The van der Waals surface area contributed by atoms with Crippen molar-refractivity contribution in [2.45, 2.75) is 13.1 Å². The van der Waals surface area contributed by atoms with Gasteiger partial charge in [-0.2, -0.15) is 0 Å². The largest absolute Gasteiger partial charge is 0.314 e. The van der Waals surface area contributed by atoms with Crippen LogP contribution in [0.1, 0.15) is 11.1 Å². The first-order valence-electron chi connectivity index (χ1n) is 12.7. The van der Waals surface area contributed by atoms with E-state index >= 15 is 0 Å². The number of benzene rings is 1. The van der Waals surface area contributed by atoms with Gasteiger partial charge in [-0.05, 0) is 11.1 Å². The molecule has 0 saturated carbocycles. The second kappa shape index (κ2) is 16.5. The van der Waals surface area contributed by atoms with Crippen LogP contribution in [0.25, 0.3) is 0 Å². The van der Waals surface area contributed by atoms with Gasteiger partial charge in [0.15, 0.2) is 0 Å². The quantitative estimate of drug-likeness (QED) is 0.347. The molecule has 2 saturated heterocycles. The predicted octanol–water partition coefficient (Wildman–Crippen LogP) is -1.14. The summed E-state index contributed by atoms with van der Waals surface area (Å²) >= 11 is 0. The average molecular weight is 447 g/mol.